The van der Waals surface area contributed by atoms with E-state index in [1.165, 1.54) is 30.4 Å². The molecule has 2 aliphatic rings. The third-order valence-electron chi connectivity index (χ3n) is 5.66. The van der Waals surface area contributed by atoms with E-state index in [-0.39, 0.29) is 5.97 Å². The molecule has 4 rings (SSSR count). The zero-order valence-corrected chi connectivity index (χ0v) is 14.9. The fraction of sp³-hybridized carbons (Fsp3) is 0.348. The highest BCUT2D eigenvalue weighted by Crippen LogP contribution is 2.53. The summed E-state index contributed by atoms with van der Waals surface area (Å²) in [5.74, 6) is 1.34. The summed E-state index contributed by atoms with van der Waals surface area (Å²) in [5, 5.41) is 0. The molecule has 0 heterocycles. The predicted molar refractivity (Wildman–Crippen MR) is 102 cm³/mol. The minimum Gasteiger partial charge on any atom is -0.462 e. The second kappa shape index (κ2) is 6.51. The lowest BCUT2D eigenvalue weighted by Gasteiger charge is -2.16. The molecule has 2 heteroatoms. The highest BCUT2D eigenvalue weighted by molar-refractivity contribution is 5.90. The van der Waals surface area contributed by atoms with Gasteiger partial charge in [0.2, 0.25) is 0 Å². The molecule has 2 aromatic carbocycles. The highest BCUT2D eigenvalue weighted by atomic mass is 16.5. The van der Waals surface area contributed by atoms with Crippen LogP contribution in [0.5, 0.6) is 0 Å². The number of benzene rings is 2. The molecule has 2 aromatic rings. The molecule has 0 aromatic heterocycles. The van der Waals surface area contributed by atoms with Gasteiger partial charge < -0.3 is 4.74 Å². The molecule has 0 amide bonds. The van der Waals surface area contributed by atoms with Crippen molar-refractivity contribution in [2.75, 3.05) is 6.61 Å². The van der Waals surface area contributed by atoms with Crippen molar-refractivity contribution in [2.45, 2.75) is 44.9 Å². The summed E-state index contributed by atoms with van der Waals surface area (Å²) in [6, 6.07) is 14.6. The van der Waals surface area contributed by atoms with Gasteiger partial charge in [0, 0.05) is 0 Å². The van der Waals surface area contributed by atoms with E-state index in [2.05, 4.69) is 31.2 Å². The summed E-state index contributed by atoms with van der Waals surface area (Å²) in [6.07, 6.45) is 6.28. The van der Waals surface area contributed by atoms with Crippen LogP contribution in [0.15, 0.2) is 42.5 Å². The zero-order chi connectivity index (χ0) is 17.4. The highest BCUT2D eigenvalue weighted by Gasteiger charge is 2.36. The quantitative estimate of drug-likeness (QED) is 0.523. The third-order valence-corrected chi connectivity index (χ3v) is 5.66. The van der Waals surface area contributed by atoms with Crippen molar-refractivity contribution in [3.05, 3.63) is 70.3 Å². The smallest absolute Gasteiger partial charge is 0.338 e. The Labute approximate surface area is 149 Å². The number of ether oxygens (including phenoxy) is 1. The van der Waals surface area contributed by atoms with Gasteiger partial charge in [0.05, 0.1) is 12.2 Å². The monoisotopic (exact) mass is 332 g/mol. The van der Waals surface area contributed by atoms with Crippen LogP contribution in [0.2, 0.25) is 0 Å². The predicted octanol–water partition coefficient (Wildman–Crippen LogP) is 5.79. The van der Waals surface area contributed by atoms with Crippen LogP contribution >= 0.6 is 0 Å². The van der Waals surface area contributed by atoms with Crippen LogP contribution in [0.25, 0.3) is 11.6 Å². The molecule has 0 spiro atoms. The molecule has 2 aliphatic carbocycles. The van der Waals surface area contributed by atoms with Crippen molar-refractivity contribution < 1.29 is 9.53 Å². The third kappa shape index (κ3) is 3.02. The Kier molecular flexibility index (Phi) is 4.20. The van der Waals surface area contributed by atoms with Crippen molar-refractivity contribution in [1.82, 2.24) is 0 Å². The molecule has 128 valence electrons. The van der Waals surface area contributed by atoms with Crippen molar-refractivity contribution in [3.8, 4) is 0 Å². The standard InChI is InChI=1S/C23H24O2/c1-3-25-23(24)17-6-4-16(5-7-17)12-15(2)18-10-11-21-19-8-9-20(13-19)22(21)14-18/h4-7,10-12,14,19-20H,3,8-9,13H2,1-2H3. The number of rotatable bonds is 4. The zero-order valence-electron chi connectivity index (χ0n) is 14.9. The molecule has 2 nitrogen and oxygen atoms in total. The summed E-state index contributed by atoms with van der Waals surface area (Å²) in [5.41, 5.74) is 7.44. The number of carbonyl (C=O) groups excluding carboxylic acids is 1. The molecule has 0 saturated heterocycles. The van der Waals surface area contributed by atoms with Crippen LogP contribution in [0.1, 0.15) is 77.6 Å². The van der Waals surface area contributed by atoms with Gasteiger partial charge >= 0.3 is 5.97 Å². The van der Waals surface area contributed by atoms with Crippen molar-refractivity contribution in [1.29, 1.82) is 0 Å². The van der Waals surface area contributed by atoms with Gasteiger partial charge in [-0.15, -0.1) is 0 Å². The maximum absolute atomic E-state index is 11.7. The van der Waals surface area contributed by atoms with E-state index in [4.69, 9.17) is 4.74 Å². The Hall–Kier alpha value is -2.35. The summed E-state index contributed by atoms with van der Waals surface area (Å²) in [6.45, 7) is 4.38. The first-order valence-corrected chi connectivity index (χ1v) is 9.25. The number of esters is 1. The SMILES string of the molecule is CCOC(=O)c1ccc(C=C(C)c2ccc3c(c2)C2CCC3C2)cc1. The van der Waals surface area contributed by atoms with E-state index in [1.54, 1.807) is 11.1 Å². The fourth-order valence-electron chi connectivity index (χ4n) is 4.36. The molecule has 1 fully saturated rings. The minimum absolute atomic E-state index is 0.261. The summed E-state index contributed by atoms with van der Waals surface area (Å²) in [7, 11) is 0. The number of fused-ring (bicyclic) bond motifs is 5. The van der Waals surface area contributed by atoms with Gasteiger partial charge in [0.1, 0.15) is 0 Å². The molecule has 0 radical (unpaired) electrons. The molecule has 0 aliphatic heterocycles. The van der Waals surface area contributed by atoms with Gasteiger partial charge in [-0.25, -0.2) is 4.79 Å². The lowest BCUT2D eigenvalue weighted by atomic mass is 9.89. The van der Waals surface area contributed by atoms with Crippen LogP contribution in [0.3, 0.4) is 0 Å². The average molecular weight is 332 g/mol. The molecule has 2 atom stereocenters. The lowest BCUT2D eigenvalue weighted by Crippen LogP contribution is -2.04. The second-order valence-electron chi connectivity index (χ2n) is 7.22. The van der Waals surface area contributed by atoms with E-state index in [0.717, 1.165) is 17.4 Å². The van der Waals surface area contributed by atoms with Gasteiger partial charge in [-0.1, -0.05) is 36.4 Å². The number of allylic oxidation sites excluding steroid dienone is 1. The van der Waals surface area contributed by atoms with Gasteiger partial charge in [-0.2, -0.15) is 0 Å². The molecule has 2 unspecified atom stereocenters. The Morgan fingerprint density at radius 2 is 1.72 bits per heavy atom. The fourth-order valence-corrected chi connectivity index (χ4v) is 4.36. The second-order valence-corrected chi connectivity index (χ2v) is 7.22. The molecular formula is C23H24O2. The molecular weight excluding hydrogens is 308 g/mol. The Morgan fingerprint density at radius 3 is 2.44 bits per heavy atom. The van der Waals surface area contributed by atoms with Crippen molar-refractivity contribution in [3.63, 3.8) is 0 Å². The number of hydrogen-bond acceptors (Lipinski definition) is 2. The largest absolute Gasteiger partial charge is 0.462 e. The van der Waals surface area contributed by atoms with Crippen LogP contribution in [0, 0.1) is 0 Å². The summed E-state index contributed by atoms with van der Waals surface area (Å²) >= 11 is 0. The van der Waals surface area contributed by atoms with Crippen LogP contribution < -0.4 is 0 Å². The van der Waals surface area contributed by atoms with E-state index in [9.17, 15) is 4.79 Å². The normalized spacial score (nSPS) is 21.3. The van der Waals surface area contributed by atoms with E-state index in [0.29, 0.717) is 12.2 Å². The molecule has 25 heavy (non-hydrogen) atoms. The van der Waals surface area contributed by atoms with Gasteiger partial charge in [0.25, 0.3) is 0 Å². The van der Waals surface area contributed by atoms with E-state index < -0.39 is 0 Å². The lowest BCUT2D eigenvalue weighted by molar-refractivity contribution is 0.0526. The van der Waals surface area contributed by atoms with Gasteiger partial charge in [-0.3, -0.25) is 0 Å². The van der Waals surface area contributed by atoms with Crippen molar-refractivity contribution in [2.24, 2.45) is 0 Å². The van der Waals surface area contributed by atoms with Gasteiger partial charge in [0.15, 0.2) is 0 Å². The van der Waals surface area contributed by atoms with Crippen LogP contribution in [-0.4, -0.2) is 12.6 Å². The number of carbonyl (C=O) groups is 1. The van der Waals surface area contributed by atoms with Gasteiger partial charge in [-0.05, 0) is 84.9 Å². The maximum Gasteiger partial charge on any atom is 0.338 e. The number of hydrogen-bond donors (Lipinski definition) is 0. The van der Waals surface area contributed by atoms with Crippen LogP contribution in [0.4, 0.5) is 0 Å². The van der Waals surface area contributed by atoms with Crippen LogP contribution in [-0.2, 0) is 4.74 Å². The Morgan fingerprint density at radius 1 is 1.04 bits per heavy atom. The van der Waals surface area contributed by atoms with Crippen molar-refractivity contribution >= 4 is 17.6 Å². The Bertz CT molecular complexity index is 830. The maximum atomic E-state index is 11.7. The molecule has 1 saturated carbocycles. The molecule has 0 N–H and O–H groups in total. The first kappa shape index (κ1) is 16.1. The summed E-state index contributed by atoms with van der Waals surface area (Å²) < 4.78 is 5.03. The van der Waals surface area contributed by atoms with E-state index in [1.807, 2.05) is 31.2 Å². The van der Waals surface area contributed by atoms with E-state index >= 15 is 0 Å². The summed E-state index contributed by atoms with van der Waals surface area (Å²) in [4.78, 5) is 11.7. The first-order valence-electron chi connectivity index (χ1n) is 9.25. The average Bonchev–Trinajstić information content (AvgIpc) is 3.24. The minimum atomic E-state index is -0.261. The first-order chi connectivity index (χ1) is 12.2. The Balaban J connectivity index is 1.56. The molecule has 2 bridgehead atoms. The topological polar surface area (TPSA) is 26.3 Å².